The summed E-state index contributed by atoms with van der Waals surface area (Å²) in [5, 5.41) is 0. The summed E-state index contributed by atoms with van der Waals surface area (Å²) in [5.74, 6) is 0. The highest BCUT2D eigenvalue weighted by Crippen LogP contribution is 2.12. The third-order valence-electron chi connectivity index (χ3n) is 1.02. The van der Waals surface area contributed by atoms with Gasteiger partial charge < -0.3 is 0 Å². The van der Waals surface area contributed by atoms with E-state index in [0.717, 1.165) is 19.0 Å². The van der Waals surface area contributed by atoms with Gasteiger partial charge >= 0.3 is 0 Å². The minimum absolute atomic E-state index is 0.747. The normalized spacial score (nSPS) is 9.40. The van der Waals surface area contributed by atoms with Gasteiger partial charge in [-0.05, 0) is 63.4 Å². The second kappa shape index (κ2) is 3.66. The van der Waals surface area contributed by atoms with E-state index in [9.17, 15) is 4.79 Å². The van der Waals surface area contributed by atoms with E-state index >= 15 is 0 Å². The lowest BCUT2D eigenvalue weighted by Crippen LogP contribution is -1.82. The van der Waals surface area contributed by atoms with Crippen molar-refractivity contribution >= 4 is 51.5 Å². The molecule has 0 fully saturated rings. The van der Waals surface area contributed by atoms with Gasteiger partial charge in [-0.25, -0.2) is 0 Å². The summed E-state index contributed by atoms with van der Waals surface area (Å²) in [5.41, 5.74) is 0.747. The Labute approximate surface area is 86.5 Å². The number of hydrogen-bond donors (Lipinski definition) is 0. The molecule has 0 atom stereocenters. The van der Waals surface area contributed by atoms with E-state index in [2.05, 4.69) is 45.2 Å². The Morgan fingerprint density at radius 1 is 1.10 bits per heavy atom. The second-order valence-electron chi connectivity index (χ2n) is 1.82. The van der Waals surface area contributed by atoms with E-state index in [1.807, 2.05) is 18.2 Å². The number of carbonyl (C=O) groups is 1. The van der Waals surface area contributed by atoms with Crippen LogP contribution in [0.3, 0.4) is 0 Å². The minimum Gasteiger partial charge on any atom is -0.298 e. The molecule has 0 aliphatic rings. The van der Waals surface area contributed by atoms with Crippen molar-refractivity contribution in [2.75, 3.05) is 0 Å². The predicted molar refractivity (Wildman–Crippen MR) is 57.3 cm³/mol. The number of benzene rings is 1. The van der Waals surface area contributed by atoms with Gasteiger partial charge in [0, 0.05) is 12.7 Å². The average Bonchev–Trinajstić information content (AvgIpc) is 1.85. The summed E-state index contributed by atoms with van der Waals surface area (Å²) < 4.78 is 2.21. The fraction of sp³-hybridized carbons (Fsp3) is 0. The van der Waals surface area contributed by atoms with Crippen LogP contribution in [0.25, 0.3) is 0 Å². The molecule has 3 heteroatoms. The van der Waals surface area contributed by atoms with E-state index in [-0.39, 0.29) is 0 Å². The average molecular weight is 358 g/mol. The molecule has 0 aromatic heterocycles. The molecule has 10 heavy (non-hydrogen) atoms. The molecule has 1 rings (SSSR count). The maximum atomic E-state index is 10.3. The van der Waals surface area contributed by atoms with Crippen LogP contribution in [0.5, 0.6) is 0 Å². The van der Waals surface area contributed by atoms with Gasteiger partial charge in [-0.15, -0.1) is 0 Å². The Kier molecular flexibility index (Phi) is 3.09. The summed E-state index contributed by atoms with van der Waals surface area (Å²) in [4.78, 5) is 10.3. The third-order valence-corrected chi connectivity index (χ3v) is 2.27. The maximum Gasteiger partial charge on any atom is 0.150 e. The van der Waals surface area contributed by atoms with Gasteiger partial charge in [-0.3, -0.25) is 4.79 Å². The van der Waals surface area contributed by atoms with Crippen LogP contribution >= 0.6 is 45.2 Å². The maximum absolute atomic E-state index is 10.3. The van der Waals surface area contributed by atoms with Crippen LogP contribution in [-0.4, -0.2) is 6.29 Å². The van der Waals surface area contributed by atoms with Crippen LogP contribution in [0.1, 0.15) is 10.4 Å². The summed E-state index contributed by atoms with van der Waals surface area (Å²) >= 11 is 4.38. The summed E-state index contributed by atoms with van der Waals surface area (Å²) in [7, 11) is 0. The lowest BCUT2D eigenvalue weighted by molar-refractivity contribution is 0.112. The van der Waals surface area contributed by atoms with E-state index in [4.69, 9.17) is 0 Å². The monoisotopic (exact) mass is 358 g/mol. The fourth-order valence-electron chi connectivity index (χ4n) is 0.643. The fourth-order valence-corrected chi connectivity index (χ4v) is 2.63. The first-order valence-electron chi connectivity index (χ1n) is 2.63. The van der Waals surface area contributed by atoms with E-state index in [1.165, 1.54) is 0 Å². The van der Waals surface area contributed by atoms with Gasteiger partial charge in [-0.2, -0.15) is 0 Å². The molecule has 0 amide bonds. The van der Waals surface area contributed by atoms with Gasteiger partial charge in [0.25, 0.3) is 0 Å². The molecule has 0 unspecified atom stereocenters. The van der Waals surface area contributed by atoms with Gasteiger partial charge in [0.1, 0.15) is 6.29 Å². The first-order chi connectivity index (χ1) is 4.72. The van der Waals surface area contributed by atoms with Crippen LogP contribution in [0.4, 0.5) is 0 Å². The van der Waals surface area contributed by atoms with Crippen molar-refractivity contribution in [3.05, 3.63) is 30.9 Å². The standard InChI is InChI=1S/C7H4I2O/c8-6-1-5(4-10)2-7(9)3-6/h1-4H. The molecule has 0 aliphatic carbocycles. The zero-order valence-electron chi connectivity index (χ0n) is 4.97. The van der Waals surface area contributed by atoms with Gasteiger partial charge in [0.2, 0.25) is 0 Å². The van der Waals surface area contributed by atoms with E-state index in [0.29, 0.717) is 0 Å². The minimum atomic E-state index is 0.747. The van der Waals surface area contributed by atoms with Crippen molar-refractivity contribution in [3.63, 3.8) is 0 Å². The number of hydrogen-bond acceptors (Lipinski definition) is 1. The van der Waals surface area contributed by atoms with Crippen LogP contribution in [0.15, 0.2) is 18.2 Å². The van der Waals surface area contributed by atoms with Gasteiger partial charge in [-0.1, -0.05) is 0 Å². The second-order valence-corrected chi connectivity index (χ2v) is 4.31. The highest BCUT2D eigenvalue weighted by atomic mass is 127. The van der Waals surface area contributed by atoms with Crippen molar-refractivity contribution in [2.45, 2.75) is 0 Å². The molecule has 1 aromatic rings. The lowest BCUT2D eigenvalue weighted by Gasteiger charge is -1.93. The van der Waals surface area contributed by atoms with Crippen molar-refractivity contribution in [1.29, 1.82) is 0 Å². The third kappa shape index (κ3) is 2.19. The molecule has 1 aromatic carbocycles. The SMILES string of the molecule is O=Cc1cc(I)cc(I)c1. The first kappa shape index (κ1) is 8.45. The van der Waals surface area contributed by atoms with Crippen molar-refractivity contribution < 1.29 is 4.79 Å². The lowest BCUT2D eigenvalue weighted by atomic mass is 10.2. The molecule has 1 nitrogen and oxygen atoms in total. The highest BCUT2D eigenvalue weighted by molar-refractivity contribution is 14.1. The molecule has 0 aliphatic heterocycles. The molecular formula is C7H4I2O. The molecule has 0 bridgehead atoms. The largest absolute Gasteiger partial charge is 0.298 e. The molecule has 0 N–H and O–H groups in total. The Morgan fingerprint density at radius 2 is 1.60 bits per heavy atom. The molecule has 0 saturated carbocycles. The van der Waals surface area contributed by atoms with Crippen molar-refractivity contribution in [3.8, 4) is 0 Å². The zero-order valence-corrected chi connectivity index (χ0v) is 9.29. The molecule has 0 saturated heterocycles. The van der Waals surface area contributed by atoms with Crippen molar-refractivity contribution in [2.24, 2.45) is 0 Å². The van der Waals surface area contributed by atoms with Crippen LogP contribution in [-0.2, 0) is 0 Å². The molecule has 52 valence electrons. The molecular weight excluding hydrogens is 354 g/mol. The summed E-state index contributed by atoms with van der Waals surface area (Å²) in [6.45, 7) is 0. The van der Waals surface area contributed by atoms with E-state index in [1.54, 1.807) is 0 Å². The Bertz CT molecular complexity index is 238. The quantitative estimate of drug-likeness (QED) is 0.558. The van der Waals surface area contributed by atoms with Crippen LogP contribution in [0, 0.1) is 7.14 Å². The van der Waals surface area contributed by atoms with Crippen LogP contribution in [0.2, 0.25) is 0 Å². The van der Waals surface area contributed by atoms with Gasteiger partial charge in [0.05, 0.1) is 0 Å². The summed E-state index contributed by atoms with van der Waals surface area (Å²) in [6, 6.07) is 5.74. The number of rotatable bonds is 1. The topological polar surface area (TPSA) is 17.1 Å². The summed E-state index contributed by atoms with van der Waals surface area (Å²) in [6.07, 6.45) is 0.865. The first-order valence-corrected chi connectivity index (χ1v) is 4.79. The Balaban J connectivity index is 3.18. The smallest absolute Gasteiger partial charge is 0.150 e. The van der Waals surface area contributed by atoms with E-state index < -0.39 is 0 Å². The van der Waals surface area contributed by atoms with Crippen LogP contribution < -0.4 is 0 Å². The highest BCUT2D eigenvalue weighted by Gasteiger charge is 1.93. The van der Waals surface area contributed by atoms with Crippen molar-refractivity contribution in [1.82, 2.24) is 0 Å². The molecule has 0 spiro atoms. The number of halogens is 2. The Morgan fingerprint density at radius 3 is 2.00 bits per heavy atom. The molecule has 0 heterocycles. The zero-order chi connectivity index (χ0) is 7.56. The predicted octanol–water partition coefficient (Wildman–Crippen LogP) is 2.71. The Hall–Kier alpha value is 0.350. The number of carbonyl (C=O) groups excluding carboxylic acids is 1. The van der Waals surface area contributed by atoms with Gasteiger partial charge in [0.15, 0.2) is 0 Å². The molecule has 0 radical (unpaired) electrons. The number of aldehydes is 1.